The van der Waals surface area contributed by atoms with E-state index in [0.717, 1.165) is 15.7 Å². The van der Waals surface area contributed by atoms with Crippen LogP contribution in [0, 0.1) is 0 Å². The van der Waals surface area contributed by atoms with E-state index >= 15 is 0 Å². The van der Waals surface area contributed by atoms with Gasteiger partial charge in [0.25, 0.3) is 5.56 Å². The Bertz CT molecular complexity index is 1240. The highest BCUT2D eigenvalue weighted by atomic mass is 16.3. The molecule has 146 valence electrons. The Kier molecular flexibility index (Phi) is 5.11. The third kappa shape index (κ3) is 3.89. The quantitative estimate of drug-likeness (QED) is 0.529. The van der Waals surface area contributed by atoms with E-state index in [9.17, 15) is 14.4 Å². The lowest BCUT2D eigenvalue weighted by Gasteiger charge is -2.19. The van der Waals surface area contributed by atoms with Crippen LogP contribution in [0.4, 0.5) is 0 Å². The number of aromatic nitrogens is 2. The van der Waals surface area contributed by atoms with Gasteiger partial charge in [0, 0.05) is 18.5 Å². The molecule has 0 spiro atoms. The molecule has 1 atom stereocenters. The molecule has 4 aromatic rings. The summed E-state index contributed by atoms with van der Waals surface area (Å²) in [6.45, 7) is 0.237. The molecule has 2 heterocycles. The topological polar surface area (TPSA) is 97.1 Å². The van der Waals surface area contributed by atoms with Crippen LogP contribution in [0.1, 0.15) is 17.2 Å². The Morgan fingerprint density at radius 1 is 1.00 bits per heavy atom. The van der Waals surface area contributed by atoms with Crippen molar-refractivity contribution in [3.05, 3.63) is 105 Å². The molecule has 2 aromatic heterocycles. The van der Waals surface area contributed by atoms with Crippen molar-refractivity contribution < 1.29 is 9.21 Å². The van der Waals surface area contributed by atoms with E-state index in [4.69, 9.17) is 4.42 Å². The lowest BCUT2D eigenvalue weighted by atomic mass is 10.0. The summed E-state index contributed by atoms with van der Waals surface area (Å²) < 4.78 is 6.01. The number of amides is 1. The normalized spacial score (nSPS) is 12.0. The van der Waals surface area contributed by atoms with Gasteiger partial charge in [0.1, 0.15) is 6.04 Å². The first-order valence-electron chi connectivity index (χ1n) is 9.20. The minimum atomic E-state index is -0.995. The summed E-state index contributed by atoms with van der Waals surface area (Å²) in [5.74, 6) is -0.419. The first-order chi connectivity index (χ1) is 14.1. The predicted molar refractivity (Wildman–Crippen MR) is 109 cm³/mol. The maximum absolute atomic E-state index is 13.1. The number of carbonyl (C=O) groups excluding carboxylic acids is 1. The van der Waals surface area contributed by atoms with E-state index in [1.807, 2.05) is 30.3 Å². The number of nitrogens with one attached hydrogen (secondary N) is 2. The second-order valence-electron chi connectivity index (χ2n) is 6.71. The first-order valence-corrected chi connectivity index (χ1v) is 9.20. The fourth-order valence-corrected chi connectivity index (χ4v) is 3.30. The number of aromatic amines is 1. The van der Waals surface area contributed by atoms with Crippen molar-refractivity contribution in [3.8, 4) is 0 Å². The van der Waals surface area contributed by atoms with E-state index in [1.165, 1.54) is 12.5 Å². The van der Waals surface area contributed by atoms with Crippen LogP contribution in [0.2, 0.25) is 0 Å². The van der Waals surface area contributed by atoms with Gasteiger partial charge in [-0.2, -0.15) is 0 Å². The van der Waals surface area contributed by atoms with Gasteiger partial charge in [0.15, 0.2) is 0 Å². The van der Waals surface area contributed by atoms with Crippen LogP contribution in [0.15, 0.2) is 87.2 Å². The van der Waals surface area contributed by atoms with Crippen LogP contribution in [-0.2, 0) is 17.8 Å². The summed E-state index contributed by atoms with van der Waals surface area (Å²) in [7, 11) is 0. The molecular weight excluding hydrogens is 370 g/mol. The molecule has 4 rings (SSSR count). The number of furan rings is 1. The van der Waals surface area contributed by atoms with Crippen LogP contribution in [0.3, 0.4) is 0 Å². The predicted octanol–water partition coefficient (Wildman–Crippen LogP) is 2.38. The summed E-state index contributed by atoms with van der Waals surface area (Å²) in [6, 6.07) is 16.8. The Morgan fingerprint density at radius 3 is 2.52 bits per heavy atom. The Labute approximate surface area is 165 Å². The Morgan fingerprint density at radius 2 is 1.76 bits per heavy atom. The zero-order valence-corrected chi connectivity index (χ0v) is 15.5. The molecule has 0 saturated carbocycles. The van der Waals surface area contributed by atoms with Crippen LogP contribution in [0.5, 0.6) is 0 Å². The summed E-state index contributed by atoms with van der Waals surface area (Å²) in [5.41, 5.74) is 0.958. The highest BCUT2D eigenvalue weighted by molar-refractivity contribution is 5.82. The molecular formula is C22H19N3O4. The van der Waals surface area contributed by atoms with E-state index in [1.54, 1.807) is 30.3 Å². The fraction of sp³-hybridized carbons (Fsp3) is 0.136. The molecule has 0 unspecified atom stereocenters. The maximum Gasteiger partial charge on any atom is 0.329 e. The molecule has 29 heavy (non-hydrogen) atoms. The number of rotatable bonds is 6. The average molecular weight is 389 g/mol. The summed E-state index contributed by atoms with van der Waals surface area (Å²) in [6.07, 6.45) is 3.25. The van der Waals surface area contributed by atoms with Crippen molar-refractivity contribution in [2.24, 2.45) is 0 Å². The standard InChI is InChI=1S/C22H19N3O4/c26-20(23-13-16-10-11-29-14-16)19(12-15-6-2-1-3-7-15)25-21(27)17-8-4-5-9-18(17)24-22(25)28/h1-11,14,19H,12-13H2,(H,23,26)(H,24,28)/t19-/m0/s1. The van der Waals surface area contributed by atoms with Crippen molar-refractivity contribution in [1.82, 2.24) is 14.9 Å². The molecule has 1 amide bonds. The summed E-state index contributed by atoms with van der Waals surface area (Å²) in [4.78, 5) is 41.5. The SMILES string of the molecule is O=C(NCc1ccoc1)[C@H](Cc1ccccc1)n1c(=O)[nH]c2ccccc2c1=O. The third-order valence-corrected chi connectivity index (χ3v) is 4.77. The third-order valence-electron chi connectivity index (χ3n) is 4.77. The Hall–Kier alpha value is -3.87. The highest BCUT2D eigenvalue weighted by Crippen LogP contribution is 2.14. The van der Waals surface area contributed by atoms with Crippen LogP contribution >= 0.6 is 0 Å². The summed E-state index contributed by atoms with van der Waals surface area (Å²) >= 11 is 0. The molecule has 0 aliphatic carbocycles. The van der Waals surface area contributed by atoms with Crippen molar-refractivity contribution in [2.75, 3.05) is 0 Å². The monoisotopic (exact) mass is 389 g/mol. The van der Waals surface area contributed by atoms with Gasteiger partial charge in [0.2, 0.25) is 5.91 Å². The van der Waals surface area contributed by atoms with Gasteiger partial charge in [-0.3, -0.25) is 9.59 Å². The molecule has 0 bridgehead atoms. The number of fused-ring (bicyclic) bond motifs is 1. The van der Waals surface area contributed by atoms with Crippen LogP contribution in [0.25, 0.3) is 10.9 Å². The zero-order valence-electron chi connectivity index (χ0n) is 15.5. The van der Waals surface area contributed by atoms with Gasteiger partial charge in [-0.1, -0.05) is 42.5 Å². The molecule has 7 nitrogen and oxygen atoms in total. The smallest absolute Gasteiger partial charge is 0.329 e. The molecule has 0 aliphatic heterocycles. The molecule has 2 aromatic carbocycles. The lowest BCUT2D eigenvalue weighted by molar-refractivity contribution is -0.124. The van der Waals surface area contributed by atoms with E-state index in [0.29, 0.717) is 10.9 Å². The first kappa shape index (κ1) is 18.5. The van der Waals surface area contributed by atoms with Gasteiger partial charge in [-0.05, 0) is 23.8 Å². The number of nitrogens with zero attached hydrogens (tertiary/aromatic N) is 1. The van der Waals surface area contributed by atoms with Crippen LogP contribution in [-0.4, -0.2) is 15.5 Å². The number of para-hydroxylation sites is 1. The van der Waals surface area contributed by atoms with Gasteiger partial charge < -0.3 is 14.7 Å². The molecule has 7 heteroatoms. The van der Waals surface area contributed by atoms with Crippen molar-refractivity contribution in [1.29, 1.82) is 0 Å². The van der Waals surface area contributed by atoms with Crippen molar-refractivity contribution in [2.45, 2.75) is 19.0 Å². The average Bonchev–Trinajstić information content (AvgIpc) is 3.26. The molecule has 2 N–H and O–H groups in total. The number of H-pyrrole nitrogens is 1. The van der Waals surface area contributed by atoms with Gasteiger partial charge in [-0.25, -0.2) is 9.36 Å². The van der Waals surface area contributed by atoms with Crippen molar-refractivity contribution in [3.63, 3.8) is 0 Å². The van der Waals surface area contributed by atoms with E-state index in [-0.39, 0.29) is 13.0 Å². The highest BCUT2D eigenvalue weighted by Gasteiger charge is 2.25. The number of hydrogen-bond donors (Lipinski definition) is 2. The van der Waals surface area contributed by atoms with Crippen molar-refractivity contribution >= 4 is 16.8 Å². The second-order valence-corrected chi connectivity index (χ2v) is 6.71. The molecule has 0 fully saturated rings. The summed E-state index contributed by atoms with van der Waals surface area (Å²) in [5, 5.41) is 3.15. The minimum Gasteiger partial charge on any atom is -0.472 e. The molecule has 0 radical (unpaired) electrons. The van der Waals surface area contributed by atoms with Gasteiger partial charge in [-0.15, -0.1) is 0 Å². The fourth-order valence-electron chi connectivity index (χ4n) is 3.30. The van der Waals surface area contributed by atoms with Crippen LogP contribution < -0.4 is 16.6 Å². The largest absolute Gasteiger partial charge is 0.472 e. The van der Waals surface area contributed by atoms with Gasteiger partial charge >= 0.3 is 5.69 Å². The molecule has 0 aliphatic rings. The number of hydrogen-bond acceptors (Lipinski definition) is 4. The lowest BCUT2D eigenvalue weighted by Crippen LogP contribution is -2.45. The Balaban J connectivity index is 1.75. The van der Waals surface area contributed by atoms with Gasteiger partial charge in [0.05, 0.1) is 23.4 Å². The maximum atomic E-state index is 13.1. The molecule has 0 saturated heterocycles. The van der Waals surface area contributed by atoms with E-state index < -0.39 is 23.2 Å². The van der Waals surface area contributed by atoms with E-state index in [2.05, 4.69) is 10.3 Å². The number of carbonyl (C=O) groups is 1. The minimum absolute atomic E-state index is 0.208. The second kappa shape index (κ2) is 8.02. The number of benzene rings is 2. The zero-order chi connectivity index (χ0) is 20.2.